The summed E-state index contributed by atoms with van der Waals surface area (Å²) in [4.78, 5) is 12.3. The van der Waals surface area contributed by atoms with Crippen LogP contribution in [0.1, 0.15) is 37.8 Å². The molecule has 3 atom stereocenters. The summed E-state index contributed by atoms with van der Waals surface area (Å²) >= 11 is 0. The van der Waals surface area contributed by atoms with Crippen LogP contribution in [0.2, 0.25) is 0 Å². The van der Waals surface area contributed by atoms with Gasteiger partial charge in [-0.3, -0.25) is 4.79 Å². The van der Waals surface area contributed by atoms with Crippen LogP contribution in [0.5, 0.6) is 5.75 Å². The number of carbonyl (C=O) groups excluding carboxylic acids is 1. The van der Waals surface area contributed by atoms with Crippen LogP contribution < -0.4 is 11.1 Å². The van der Waals surface area contributed by atoms with Gasteiger partial charge in [0.15, 0.2) is 0 Å². The molecule has 1 fully saturated rings. The zero-order valence-corrected chi connectivity index (χ0v) is 11.3. The van der Waals surface area contributed by atoms with Gasteiger partial charge in [-0.1, -0.05) is 18.6 Å². The summed E-state index contributed by atoms with van der Waals surface area (Å²) in [5.74, 6) is 0.671. The third-order valence-electron chi connectivity index (χ3n) is 4.03. The van der Waals surface area contributed by atoms with Crippen LogP contribution in [0.4, 0.5) is 0 Å². The molecule has 1 aromatic rings. The molecule has 4 nitrogen and oxygen atoms in total. The maximum atomic E-state index is 12.3. The van der Waals surface area contributed by atoms with Crippen LogP contribution in [0.3, 0.4) is 0 Å². The highest BCUT2D eigenvalue weighted by atomic mass is 16.3. The molecule has 19 heavy (non-hydrogen) atoms. The number of nitrogens with two attached hydrogens (primary N) is 1. The summed E-state index contributed by atoms with van der Waals surface area (Å²) in [6.07, 6.45) is 3.07. The zero-order chi connectivity index (χ0) is 13.8. The summed E-state index contributed by atoms with van der Waals surface area (Å²) in [6, 6.07) is 6.89. The highest BCUT2D eigenvalue weighted by Gasteiger charge is 2.32. The van der Waals surface area contributed by atoms with Crippen LogP contribution >= 0.6 is 0 Å². The summed E-state index contributed by atoms with van der Waals surface area (Å²) in [5, 5.41) is 12.5. The number of nitrogens with one attached hydrogen (secondary N) is 1. The van der Waals surface area contributed by atoms with Crippen LogP contribution in [0.15, 0.2) is 24.3 Å². The fourth-order valence-corrected chi connectivity index (χ4v) is 2.86. The highest BCUT2D eigenvalue weighted by Crippen LogP contribution is 2.31. The van der Waals surface area contributed by atoms with Crippen molar-refractivity contribution in [3.8, 4) is 5.75 Å². The first-order valence-electron chi connectivity index (χ1n) is 6.91. The van der Waals surface area contributed by atoms with E-state index in [1.807, 2.05) is 13.0 Å². The van der Waals surface area contributed by atoms with Gasteiger partial charge in [0.1, 0.15) is 5.75 Å². The molecule has 0 heterocycles. The first kappa shape index (κ1) is 13.9. The number of carbonyl (C=O) groups is 1. The van der Waals surface area contributed by atoms with Crippen molar-refractivity contribution >= 4 is 5.91 Å². The van der Waals surface area contributed by atoms with E-state index in [0.717, 1.165) is 24.8 Å². The van der Waals surface area contributed by atoms with Crippen molar-refractivity contribution in [3.63, 3.8) is 0 Å². The van der Waals surface area contributed by atoms with Gasteiger partial charge in [-0.05, 0) is 49.9 Å². The maximum absolute atomic E-state index is 12.3. The number of hydrogen-bond acceptors (Lipinski definition) is 3. The average molecular weight is 262 g/mol. The first-order chi connectivity index (χ1) is 9.11. The molecule has 4 N–H and O–H groups in total. The van der Waals surface area contributed by atoms with Crippen LogP contribution in [0.25, 0.3) is 0 Å². The van der Waals surface area contributed by atoms with E-state index in [-0.39, 0.29) is 23.6 Å². The predicted octanol–water partition coefficient (Wildman–Crippen LogP) is 1.94. The summed E-state index contributed by atoms with van der Waals surface area (Å²) in [6.45, 7) is 2.51. The van der Waals surface area contributed by atoms with Gasteiger partial charge in [0.2, 0.25) is 5.91 Å². The molecule has 4 heteroatoms. The monoisotopic (exact) mass is 262 g/mol. The summed E-state index contributed by atoms with van der Waals surface area (Å²) in [5.41, 5.74) is 6.62. The van der Waals surface area contributed by atoms with Crippen molar-refractivity contribution in [2.45, 2.75) is 32.2 Å². The van der Waals surface area contributed by atoms with Crippen molar-refractivity contribution in [2.24, 2.45) is 17.6 Å². The standard InChI is InChI=1S/C15H22N2O2/c1-10(11-4-2-6-13(18)8-11)17-15(19)14-7-3-5-12(14)9-16/h2,4,6,8,10,12,14,18H,3,5,7,9,16H2,1H3,(H,17,19). The van der Waals surface area contributed by atoms with E-state index in [9.17, 15) is 9.90 Å². The molecule has 1 aromatic carbocycles. The lowest BCUT2D eigenvalue weighted by Crippen LogP contribution is -2.36. The van der Waals surface area contributed by atoms with E-state index >= 15 is 0 Å². The molecule has 104 valence electrons. The third kappa shape index (κ3) is 3.26. The second-order valence-electron chi connectivity index (χ2n) is 5.36. The van der Waals surface area contributed by atoms with Crippen LogP contribution in [-0.2, 0) is 4.79 Å². The van der Waals surface area contributed by atoms with E-state index in [1.165, 1.54) is 0 Å². The summed E-state index contributed by atoms with van der Waals surface area (Å²) < 4.78 is 0. The molecule has 0 bridgehead atoms. The molecular weight excluding hydrogens is 240 g/mol. The van der Waals surface area contributed by atoms with Crippen molar-refractivity contribution in [3.05, 3.63) is 29.8 Å². The van der Waals surface area contributed by atoms with Crippen molar-refractivity contribution < 1.29 is 9.90 Å². The van der Waals surface area contributed by atoms with Gasteiger partial charge in [0.25, 0.3) is 0 Å². The molecule has 0 aromatic heterocycles. The van der Waals surface area contributed by atoms with Gasteiger partial charge >= 0.3 is 0 Å². The fraction of sp³-hybridized carbons (Fsp3) is 0.533. The lowest BCUT2D eigenvalue weighted by Gasteiger charge is -2.21. The van der Waals surface area contributed by atoms with E-state index in [0.29, 0.717) is 12.5 Å². The number of phenols is 1. The van der Waals surface area contributed by atoms with E-state index in [2.05, 4.69) is 5.32 Å². The molecule has 3 unspecified atom stereocenters. The maximum Gasteiger partial charge on any atom is 0.223 e. The van der Waals surface area contributed by atoms with E-state index in [1.54, 1.807) is 18.2 Å². The minimum Gasteiger partial charge on any atom is -0.508 e. The number of amides is 1. The molecule has 0 aliphatic heterocycles. The number of aromatic hydroxyl groups is 1. The Morgan fingerprint density at radius 3 is 3.00 bits per heavy atom. The number of phenolic OH excluding ortho intramolecular Hbond substituents is 1. The average Bonchev–Trinajstić information content (AvgIpc) is 2.87. The Bertz CT molecular complexity index is 448. The van der Waals surface area contributed by atoms with Gasteiger partial charge in [-0.2, -0.15) is 0 Å². The minimum atomic E-state index is -0.0985. The zero-order valence-electron chi connectivity index (χ0n) is 11.3. The van der Waals surface area contributed by atoms with Crippen LogP contribution in [-0.4, -0.2) is 17.6 Å². The lowest BCUT2D eigenvalue weighted by atomic mass is 9.94. The van der Waals surface area contributed by atoms with Crippen molar-refractivity contribution in [2.75, 3.05) is 6.54 Å². The first-order valence-corrected chi connectivity index (χ1v) is 6.91. The van der Waals surface area contributed by atoms with Crippen LogP contribution in [0, 0.1) is 11.8 Å². The Balaban J connectivity index is 1.98. The molecule has 1 saturated carbocycles. The lowest BCUT2D eigenvalue weighted by molar-refractivity contribution is -0.126. The molecule has 0 spiro atoms. The van der Waals surface area contributed by atoms with Gasteiger partial charge in [-0.25, -0.2) is 0 Å². The van der Waals surface area contributed by atoms with Gasteiger partial charge in [-0.15, -0.1) is 0 Å². The fourth-order valence-electron chi connectivity index (χ4n) is 2.86. The Kier molecular flexibility index (Phi) is 4.43. The number of rotatable bonds is 4. The molecule has 1 aliphatic carbocycles. The largest absolute Gasteiger partial charge is 0.508 e. The Morgan fingerprint density at radius 2 is 2.32 bits per heavy atom. The SMILES string of the molecule is CC(NC(=O)C1CCCC1CN)c1cccc(O)c1. The molecule has 1 aliphatic rings. The van der Waals surface area contributed by atoms with Crippen molar-refractivity contribution in [1.29, 1.82) is 0 Å². The topological polar surface area (TPSA) is 75.4 Å². The second kappa shape index (κ2) is 6.06. The van der Waals surface area contributed by atoms with E-state index in [4.69, 9.17) is 5.73 Å². The van der Waals surface area contributed by atoms with Gasteiger partial charge in [0.05, 0.1) is 6.04 Å². The number of hydrogen-bond donors (Lipinski definition) is 3. The minimum absolute atomic E-state index is 0.0461. The molecule has 1 amide bonds. The smallest absolute Gasteiger partial charge is 0.223 e. The highest BCUT2D eigenvalue weighted by molar-refractivity contribution is 5.79. The molecule has 0 saturated heterocycles. The predicted molar refractivity (Wildman–Crippen MR) is 74.5 cm³/mol. The summed E-state index contributed by atoms with van der Waals surface area (Å²) in [7, 11) is 0. The molecule has 2 rings (SSSR count). The van der Waals surface area contributed by atoms with Crippen molar-refractivity contribution in [1.82, 2.24) is 5.32 Å². The van der Waals surface area contributed by atoms with E-state index < -0.39 is 0 Å². The second-order valence-corrected chi connectivity index (χ2v) is 5.36. The Morgan fingerprint density at radius 1 is 1.53 bits per heavy atom. The Hall–Kier alpha value is -1.55. The molecular formula is C15H22N2O2. The number of benzene rings is 1. The third-order valence-corrected chi connectivity index (χ3v) is 4.03. The normalized spacial score (nSPS) is 24.1. The molecule has 0 radical (unpaired) electrons. The Labute approximate surface area is 114 Å². The van der Waals surface area contributed by atoms with Gasteiger partial charge < -0.3 is 16.2 Å². The quantitative estimate of drug-likeness (QED) is 0.776. The van der Waals surface area contributed by atoms with Gasteiger partial charge in [0, 0.05) is 5.92 Å².